The molecule has 1 aromatic heterocycles. The molecule has 0 amide bonds. The second kappa shape index (κ2) is 8.12. The van der Waals surface area contributed by atoms with E-state index in [9.17, 15) is 0 Å². The van der Waals surface area contributed by atoms with Gasteiger partial charge in [-0.1, -0.05) is 12.1 Å². The van der Waals surface area contributed by atoms with Gasteiger partial charge in [-0.15, -0.1) is 11.3 Å². The van der Waals surface area contributed by atoms with Crippen molar-refractivity contribution in [3.63, 3.8) is 0 Å². The van der Waals surface area contributed by atoms with Gasteiger partial charge in [0.1, 0.15) is 10.8 Å². The van der Waals surface area contributed by atoms with Crippen molar-refractivity contribution >= 4 is 11.3 Å². The Hall–Kier alpha value is -1.43. The van der Waals surface area contributed by atoms with Crippen molar-refractivity contribution in [2.75, 3.05) is 20.3 Å². The molecule has 0 saturated carbocycles. The zero-order valence-corrected chi connectivity index (χ0v) is 13.5. The fourth-order valence-electron chi connectivity index (χ4n) is 2.04. The summed E-state index contributed by atoms with van der Waals surface area (Å²) in [7, 11) is 1.71. The molecule has 1 aromatic carbocycles. The summed E-state index contributed by atoms with van der Waals surface area (Å²) in [4.78, 5) is 4.43. The van der Waals surface area contributed by atoms with Crippen LogP contribution in [0.2, 0.25) is 0 Å². The molecule has 1 atom stereocenters. The molecule has 1 unspecified atom stereocenters. The van der Waals surface area contributed by atoms with E-state index >= 15 is 0 Å². The van der Waals surface area contributed by atoms with Gasteiger partial charge in [0.25, 0.3) is 0 Å². The fourth-order valence-corrected chi connectivity index (χ4v) is 2.78. The van der Waals surface area contributed by atoms with Crippen molar-refractivity contribution in [3.05, 3.63) is 46.4 Å². The molecule has 1 heterocycles. The van der Waals surface area contributed by atoms with Crippen LogP contribution in [0.1, 0.15) is 30.5 Å². The van der Waals surface area contributed by atoms with Crippen molar-refractivity contribution in [1.29, 1.82) is 0 Å². The van der Waals surface area contributed by atoms with Crippen molar-refractivity contribution in [1.82, 2.24) is 10.3 Å². The zero-order valence-electron chi connectivity index (χ0n) is 12.7. The number of aromatic nitrogens is 1. The molecule has 0 bridgehead atoms. The summed E-state index contributed by atoms with van der Waals surface area (Å²) in [5.41, 5.74) is 1.18. The third-order valence-corrected chi connectivity index (χ3v) is 3.78. The number of ether oxygens (including phenoxy) is 2. The molecule has 21 heavy (non-hydrogen) atoms. The Labute approximate surface area is 130 Å². The summed E-state index contributed by atoms with van der Waals surface area (Å²) in [6.07, 6.45) is 2.02. The number of methoxy groups -OCH3 is 1. The summed E-state index contributed by atoms with van der Waals surface area (Å²) in [6.45, 7) is 5.51. The molecule has 0 aliphatic carbocycles. The lowest BCUT2D eigenvalue weighted by Gasteiger charge is -2.18. The monoisotopic (exact) mass is 306 g/mol. The molecule has 0 aliphatic rings. The van der Waals surface area contributed by atoms with E-state index in [1.54, 1.807) is 18.4 Å². The quantitative estimate of drug-likeness (QED) is 0.760. The molecule has 0 radical (unpaired) electrons. The van der Waals surface area contributed by atoms with E-state index in [-0.39, 0.29) is 12.1 Å². The van der Waals surface area contributed by atoms with Crippen LogP contribution in [0.3, 0.4) is 0 Å². The van der Waals surface area contributed by atoms with Gasteiger partial charge in [-0.3, -0.25) is 0 Å². The average molecular weight is 306 g/mol. The van der Waals surface area contributed by atoms with Gasteiger partial charge < -0.3 is 14.8 Å². The lowest BCUT2D eigenvalue weighted by molar-refractivity contribution is 0.197. The maximum Gasteiger partial charge on any atom is 0.119 e. The fraction of sp³-hybridized carbons (Fsp3) is 0.438. The molecule has 0 saturated heterocycles. The predicted octanol–water partition coefficient (Wildman–Crippen LogP) is 3.26. The summed E-state index contributed by atoms with van der Waals surface area (Å²) in [6, 6.07) is 8.28. The lowest BCUT2D eigenvalue weighted by atomic mass is 10.1. The summed E-state index contributed by atoms with van der Waals surface area (Å²) in [5.74, 6) is 0.892. The highest BCUT2D eigenvalue weighted by Crippen LogP contribution is 2.25. The summed E-state index contributed by atoms with van der Waals surface area (Å²) >= 11 is 1.65. The zero-order chi connectivity index (χ0) is 15.1. The van der Waals surface area contributed by atoms with E-state index < -0.39 is 0 Å². The topological polar surface area (TPSA) is 43.4 Å². The van der Waals surface area contributed by atoms with Gasteiger partial charge in [-0.2, -0.15) is 0 Å². The van der Waals surface area contributed by atoms with Crippen LogP contribution in [0, 0.1) is 0 Å². The van der Waals surface area contributed by atoms with Crippen LogP contribution < -0.4 is 10.1 Å². The molecule has 2 rings (SSSR count). The van der Waals surface area contributed by atoms with Gasteiger partial charge in [0.05, 0.1) is 18.8 Å². The molecule has 2 aromatic rings. The first kappa shape index (κ1) is 15.9. The molecule has 0 aliphatic heterocycles. The Morgan fingerprint density at radius 1 is 1.24 bits per heavy atom. The van der Waals surface area contributed by atoms with Gasteiger partial charge in [0.2, 0.25) is 0 Å². The van der Waals surface area contributed by atoms with E-state index in [0.29, 0.717) is 6.61 Å². The maximum absolute atomic E-state index is 5.68. The van der Waals surface area contributed by atoms with Crippen LogP contribution in [0.25, 0.3) is 0 Å². The Kier molecular flexibility index (Phi) is 6.17. The third kappa shape index (κ3) is 4.81. The molecule has 5 heteroatoms. The van der Waals surface area contributed by atoms with Gasteiger partial charge in [-0.25, -0.2) is 4.98 Å². The molecule has 0 fully saturated rings. The van der Waals surface area contributed by atoms with Crippen LogP contribution in [0.15, 0.2) is 35.8 Å². The summed E-state index contributed by atoms with van der Waals surface area (Å²) in [5, 5.41) is 6.54. The minimum absolute atomic E-state index is 0.0910. The molecule has 4 nitrogen and oxygen atoms in total. The van der Waals surface area contributed by atoms with Crippen LogP contribution >= 0.6 is 11.3 Å². The standard InChI is InChI=1S/C16H22N2O2S/c1-12(2)20-14-6-4-13(5-7-14)15(17-8-10-19-3)16-18-9-11-21-16/h4-7,9,11-12,15,17H,8,10H2,1-3H3. The van der Waals surface area contributed by atoms with Gasteiger partial charge >= 0.3 is 0 Å². The SMILES string of the molecule is COCCNC(c1ccc(OC(C)C)cc1)c1nccs1. The minimum Gasteiger partial charge on any atom is -0.491 e. The Bertz CT molecular complexity index is 512. The van der Waals surface area contributed by atoms with Crippen LogP contribution in [0.4, 0.5) is 0 Å². The predicted molar refractivity (Wildman–Crippen MR) is 86.0 cm³/mol. The molecule has 0 spiro atoms. The molecular formula is C16H22N2O2S. The average Bonchev–Trinajstić information content (AvgIpc) is 2.98. The normalized spacial score (nSPS) is 12.6. The van der Waals surface area contributed by atoms with Crippen molar-refractivity contribution in [2.24, 2.45) is 0 Å². The largest absolute Gasteiger partial charge is 0.491 e. The molecular weight excluding hydrogens is 284 g/mol. The van der Waals surface area contributed by atoms with Crippen molar-refractivity contribution < 1.29 is 9.47 Å². The number of hydrogen-bond acceptors (Lipinski definition) is 5. The van der Waals surface area contributed by atoms with Gasteiger partial charge in [0.15, 0.2) is 0 Å². The highest BCUT2D eigenvalue weighted by molar-refractivity contribution is 7.09. The highest BCUT2D eigenvalue weighted by Gasteiger charge is 2.16. The van der Waals surface area contributed by atoms with Crippen LogP contribution in [-0.4, -0.2) is 31.3 Å². The summed E-state index contributed by atoms with van der Waals surface area (Å²) < 4.78 is 10.8. The molecule has 114 valence electrons. The molecule has 1 N–H and O–H groups in total. The van der Waals surface area contributed by atoms with E-state index in [2.05, 4.69) is 22.4 Å². The second-order valence-electron chi connectivity index (χ2n) is 4.99. The number of hydrogen-bond donors (Lipinski definition) is 1. The van der Waals surface area contributed by atoms with Crippen molar-refractivity contribution in [2.45, 2.75) is 26.0 Å². The number of benzene rings is 1. The van der Waals surface area contributed by atoms with Gasteiger partial charge in [-0.05, 0) is 31.5 Å². The smallest absolute Gasteiger partial charge is 0.119 e. The van der Waals surface area contributed by atoms with E-state index in [4.69, 9.17) is 9.47 Å². The van der Waals surface area contributed by atoms with E-state index in [1.165, 1.54) is 5.56 Å². The Morgan fingerprint density at radius 3 is 2.57 bits per heavy atom. The maximum atomic E-state index is 5.68. The Morgan fingerprint density at radius 2 is 2.00 bits per heavy atom. The van der Waals surface area contributed by atoms with Crippen LogP contribution in [0.5, 0.6) is 5.75 Å². The first-order chi connectivity index (χ1) is 10.2. The highest BCUT2D eigenvalue weighted by atomic mass is 32.1. The first-order valence-electron chi connectivity index (χ1n) is 7.09. The number of rotatable bonds is 8. The minimum atomic E-state index is 0.0910. The van der Waals surface area contributed by atoms with Crippen molar-refractivity contribution in [3.8, 4) is 5.75 Å². The lowest BCUT2D eigenvalue weighted by Crippen LogP contribution is -2.25. The van der Waals surface area contributed by atoms with E-state index in [0.717, 1.165) is 17.3 Å². The second-order valence-corrected chi connectivity index (χ2v) is 5.91. The van der Waals surface area contributed by atoms with Gasteiger partial charge in [0, 0.05) is 25.2 Å². The number of nitrogens with one attached hydrogen (secondary N) is 1. The Balaban J connectivity index is 2.12. The number of nitrogens with zero attached hydrogens (tertiary/aromatic N) is 1. The van der Waals surface area contributed by atoms with E-state index in [1.807, 2.05) is 37.6 Å². The third-order valence-electron chi connectivity index (χ3n) is 2.94. The first-order valence-corrected chi connectivity index (χ1v) is 7.97. The number of thiazole rings is 1. The van der Waals surface area contributed by atoms with Crippen LogP contribution in [-0.2, 0) is 4.74 Å².